The van der Waals surface area contributed by atoms with Crippen LogP contribution in [0, 0.1) is 0 Å². The van der Waals surface area contributed by atoms with Gasteiger partial charge in [-0.2, -0.15) is 0 Å². The Labute approximate surface area is 347 Å². The molecule has 0 saturated carbocycles. The Morgan fingerprint density at radius 2 is 0.603 bits per heavy atom. The molecule has 300 valence electrons. The molecule has 0 spiro atoms. The molecule has 2 atom stereocenters. The summed E-state index contributed by atoms with van der Waals surface area (Å²) in [5.74, 6) is 0. The van der Waals surface area contributed by atoms with E-state index in [4.69, 9.17) is 9.47 Å². The summed E-state index contributed by atoms with van der Waals surface area (Å²) in [4.78, 5) is 10.7. The number of hydrogen-bond acceptors (Lipinski definition) is 6. The summed E-state index contributed by atoms with van der Waals surface area (Å²) >= 11 is 0. The summed E-state index contributed by atoms with van der Waals surface area (Å²) < 4.78 is 13.4. The van der Waals surface area contributed by atoms with Gasteiger partial charge in [-0.25, -0.2) is 0 Å². The Morgan fingerprint density at radius 1 is 0.328 bits per heavy atom. The summed E-state index contributed by atoms with van der Waals surface area (Å²) in [5.41, 5.74) is 7.73. The largest absolute Gasteiger partial charge is 0.375 e. The lowest BCUT2D eigenvalue weighted by Gasteiger charge is -2.41. The van der Waals surface area contributed by atoms with Gasteiger partial charge in [-0.1, -0.05) is 182 Å². The minimum atomic E-state index is 0.168. The second-order valence-corrected chi connectivity index (χ2v) is 15.7. The summed E-state index contributed by atoms with van der Waals surface area (Å²) in [7, 11) is 0. The molecule has 0 radical (unpaired) electrons. The van der Waals surface area contributed by atoms with Crippen LogP contribution in [0.3, 0.4) is 0 Å². The average Bonchev–Trinajstić information content (AvgIpc) is 3.27. The fraction of sp³-hybridized carbons (Fsp3) is 0.308. The highest BCUT2D eigenvalue weighted by atomic mass is 16.5. The van der Waals surface area contributed by atoms with Crippen molar-refractivity contribution in [3.05, 3.63) is 215 Å². The van der Waals surface area contributed by atoms with E-state index in [1.165, 1.54) is 33.4 Å². The highest BCUT2D eigenvalue weighted by Crippen LogP contribution is 2.19. The van der Waals surface area contributed by atoms with Crippen LogP contribution in [0.2, 0.25) is 0 Å². The Morgan fingerprint density at radius 3 is 0.914 bits per heavy atom. The number of hydrogen-bond donors (Lipinski definition) is 0. The molecule has 6 heteroatoms. The molecule has 6 aromatic carbocycles. The SMILES string of the molecule is c1ccc(COCC2CN(Cc3ccccc3)CCN(Cc3ccccc3)CC(COCc3ccccc3)N(Cc3ccccc3)CCN2Cc2ccccc2)cc1. The minimum Gasteiger partial charge on any atom is -0.375 e. The summed E-state index contributed by atoms with van der Waals surface area (Å²) in [5, 5.41) is 0. The summed E-state index contributed by atoms with van der Waals surface area (Å²) in [6, 6.07) is 65.4. The highest BCUT2D eigenvalue weighted by molar-refractivity contribution is 5.19. The molecule has 0 amide bonds. The molecule has 0 aromatic heterocycles. The van der Waals surface area contributed by atoms with E-state index in [0.29, 0.717) is 26.4 Å². The quantitative estimate of drug-likeness (QED) is 0.0976. The second-order valence-electron chi connectivity index (χ2n) is 15.7. The molecule has 7 rings (SSSR count). The number of rotatable bonds is 16. The normalized spacial score (nSPS) is 18.0. The fourth-order valence-electron chi connectivity index (χ4n) is 8.03. The number of benzene rings is 6. The molecule has 1 fully saturated rings. The number of ether oxygens (including phenoxy) is 2. The van der Waals surface area contributed by atoms with E-state index in [-0.39, 0.29) is 12.1 Å². The third-order valence-electron chi connectivity index (χ3n) is 11.2. The van der Waals surface area contributed by atoms with Crippen LogP contribution in [0.25, 0.3) is 0 Å². The fourth-order valence-corrected chi connectivity index (χ4v) is 8.03. The lowest BCUT2D eigenvalue weighted by atomic mass is 10.1. The number of nitrogens with zero attached hydrogens (tertiary/aromatic N) is 4. The van der Waals surface area contributed by atoms with Gasteiger partial charge in [0, 0.05) is 77.5 Å². The van der Waals surface area contributed by atoms with Crippen LogP contribution in [0.1, 0.15) is 33.4 Å². The smallest absolute Gasteiger partial charge is 0.0717 e. The van der Waals surface area contributed by atoms with Gasteiger partial charge in [0.25, 0.3) is 0 Å². The molecule has 1 heterocycles. The van der Waals surface area contributed by atoms with Gasteiger partial charge < -0.3 is 9.47 Å². The van der Waals surface area contributed by atoms with Crippen molar-refractivity contribution in [1.82, 2.24) is 19.6 Å². The highest BCUT2D eigenvalue weighted by Gasteiger charge is 2.29. The van der Waals surface area contributed by atoms with Crippen molar-refractivity contribution in [1.29, 1.82) is 0 Å². The van der Waals surface area contributed by atoms with Gasteiger partial charge in [-0.15, -0.1) is 0 Å². The molecule has 0 bridgehead atoms. The third kappa shape index (κ3) is 13.6. The molecule has 6 nitrogen and oxygen atoms in total. The Balaban J connectivity index is 1.23. The van der Waals surface area contributed by atoms with Gasteiger partial charge >= 0.3 is 0 Å². The van der Waals surface area contributed by atoms with Crippen LogP contribution < -0.4 is 0 Å². The predicted molar refractivity (Wildman–Crippen MR) is 237 cm³/mol. The molecule has 58 heavy (non-hydrogen) atoms. The molecule has 6 aromatic rings. The van der Waals surface area contributed by atoms with Crippen molar-refractivity contribution >= 4 is 0 Å². The molecule has 0 aliphatic carbocycles. The second kappa shape index (κ2) is 22.9. The molecule has 2 unspecified atom stereocenters. The van der Waals surface area contributed by atoms with Gasteiger partial charge in [-0.05, 0) is 33.4 Å². The maximum absolute atomic E-state index is 6.68. The van der Waals surface area contributed by atoms with Gasteiger partial charge in [0.05, 0.1) is 26.4 Å². The zero-order valence-corrected chi connectivity index (χ0v) is 34.0. The molecule has 1 aliphatic rings. The van der Waals surface area contributed by atoms with Gasteiger partial charge in [0.2, 0.25) is 0 Å². The van der Waals surface area contributed by atoms with Gasteiger partial charge in [0.15, 0.2) is 0 Å². The van der Waals surface area contributed by atoms with E-state index in [1.807, 2.05) is 0 Å². The Hall–Kier alpha value is -4.92. The van der Waals surface area contributed by atoms with Gasteiger partial charge in [-0.3, -0.25) is 19.6 Å². The standard InChI is InChI=1S/C52H60N4O2/c1-7-19-45(20-8-1)35-53-31-32-54(36-46-21-9-2-10-22-46)40-52(44-58-42-50-29-17-6-18-30-50)56(38-48-25-13-4-14-26-48)34-33-55(37-47-23-11-3-12-24-47)51(39-53)43-57-41-49-27-15-5-16-28-49/h1-30,51-52H,31-44H2. The lowest BCUT2D eigenvalue weighted by molar-refractivity contribution is -0.00417. The van der Waals surface area contributed by atoms with Crippen molar-refractivity contribution in [3.8, 4) is 0 Å². The zero-order valence-electron chi connectivity index (χ0n) is 34.0. The zero-order chi connectivity index (χ0) is 39.5. The Kier molecular flexibility index (Phi) is 16.3. The Bertz CT molecular complexity index is 1820. The maximum atomic E-state index is 6.68. The van der Waals surface area contributed by atoms with E-state index in [9.17, 15) is 0 Å². The molecule has 1 aliphatic heterocycles. The van der Waals surface area contributed by atoms with E-state index in [1.54, 1.807) is 0 Å². The monoisotopic (exact) mass is 772 g/mol. The predicted octanol–water partition coefficient (Wildman–Crippen LogP) is 9.18. The maximum Gasteiger partial charge on any atom is 0.0717 e. The average molecular weight is 773 g/mol. The molecular weight excluding hydrogens is 713 g/mol. The van der Waals surface area contributed by atoms with Crippen LogP contribution in [-0.2, 0) is 48.9 Å². The first-order valence-corrected chi connectivity index (χ1v) is 21.1. The first-order chi connectivity index (χ1) is 28.7. The van der Waals surface area contributed by atoms with Crippen LogP contribution >= 0.6 is 0 Å². The summed E-state index contributed by atoms with van der Waals surface area (Å²) in [6.07, 6.45) is 0. The van der Waals surface area contributed by atoms with E-state index in [0.717, 1.165) is 65.4 Å². The van der Waals surface area contributed by atoms with E-state index >= 15 is 0 Å². The first-order valence-electron chi connectivity index (χ1n) is 21.1. The van der Waals surface area contributed by atoms with Crippen molar-refractivity contribution < 1.29 is 9.47 Å². The molecule has 0 N–H and O–H groups in total. The first kappa shape index (κ1) is 41.2. The molecular formula is C52H60N4O2. The van der Waals surface area contributed by atoms with E-state index < -0.39 is 0 Å². The van der Waals surface area contributed by atoms with Crippen molar-refractivity contribution in [2.24, 2.45) is 0 Å². The van der Waals surface area contributed by atoms with Crippen molar-refractivity contribution in [2.45, 2.75) is 51.5 Å². The van der Waals surface area contributed by atoms with Crippen LogP contribution in [-0.4, -0.2) is 84.2 Å². The molecule has 1 saturated heterocycles. The van der Waals surface area contributed by atoms with Crippen molar-refractivity contribution in [2.75, 3.05) is 52.5 Å². The van der Waals surface area contributed by atoms with E-state index in [2.05, 4.69) is 202 Å². The van der Waals surface area contributed by atoms with Crippen LogP contribution in [0.4, 0.5) is 0 Å². The summed E-state index contributed by atoms with van der Waals surface area (Å²) in [6.45, 7) is 11.4. The third-order valence-corrected chi connectivity index (χ3v) is 11.2. The lowest BCUT2D eigenvalue weighted by Crippen LogP contribution is -2.54. The van der Waals surface area contributed by atoms with Crippen LogP contribution in [0.15, 0.2) is 182 Å². The minimum absolute atomic E-state index is 0.168. The topological polar surface area (TPSA) is 31.4 Å². The van der Waals surface area contributed by atoms with Crippen LogP contribution in [0.5, 0.6) is 0 Å². The van der Waals surface area contributed by atoms with Crippen molar-refractivity contribution in [3.63, 3.8) is 0 Å². The van der Waals surface area contributed by atoms with Gasteiger partial charge in [0.1, 0.15) is 0 Å².